The third kappa shape index (κ3) is 5.42. The average molecular weight is 732 g/mol. The molecule has 56 heavy (non-hydrogen) atoms. The van der Waals surface area contributed by atoms with Gasteiger partial charge in [0, 0.05) is 37.7 Å². The van der Waals surface area contributed by atoms with Crippen molar-refractivity contribution in [2.24, 2.45) is 0 Å². The molecule has 0 fully saturated rings. The lowest BCUT2D eigenvalue weighted by Gasteiger charge is -2.11. The summed E-state index contributed by atoms with van der Waals surface area (Å²) in [6.45, 7) is 0. The van der Waals surface area contributed by atoms with E-state index in [1.54, 1.807) is 11.3 Å². The van der Waals surface area contributed by atoms with Crippen LogP contribution in [0, 0.1) is 0 Å². The summed E-state index contributed by atoms with van der Waals surface area (Å²) >= 11 is 1.76. The standard InChI is InChI=1S/C52H33N3S/c1-3-15-34(16-4-1)35-17-13-22-40(33-35)52-53-49(51-50(54-52)44-26-8-10-30-47(44)56-51)39-21-12-19-37(32-39)36-18-11-20-38(31-36)42-27-14-29-46-48(42)43-25-7-9-28-45(43)55(46)41-23-5-2-6-24-41/h1-33H. The van der Waals surface area contributed by atoms with Crippen LogP contribution in [0.5, 0.6) is 0 Å². The molecule has 262 valence electrons. The van der Waals surface area contributed by atoms with E-state index in [0.717, 1.165) is 60.6 Å². The van der Waals surface area contributed by atoms with Gasteiger partial charge in [-0.3, -0.25) is 0 Å². The first-order valence-corrected chi connectivity index (χ1v) is 19.7. The Bertz CT molecular complexity index is 3250. The maximum atomic E-state index is 5.36. The number of aromatic nitrogens is 3. The molecule has 0 atom stereocenters. The van der Waals surface area contributed by atoms with Crippen LogP contribution in [0.3, 0.4) is 0 Å². The number of hydrogen-bond acceptors (Lipinski definition) is 3. The zero-order chi connectivity index (χ0) is 37.0. The van der Waals surface area contributed by atoms with Crippen molar-refractivity contribution >= 4 is 53.4 Å². The quantitative estimate of drug-likeness (QED) is 0.170. The van der Waals surface area contributed by atoms with Crippen LogP contribution in [0.2, 0.25) is 0 Å². The van der Waals surface area contributed by atoms with Crippen molar-refractivity contribution in [1.82, 2.24) is 14.5 Å². The number of para-hydroxylation sites is 2. The van der Waals surface area contributed by atoms with Crippen LogP contribution in [0.4, 0.5) is 0 Å². The summed E-state index contributed by atoms with van der Waals surface area (Å²) in [4.78, 5) is 10.6. The summed E-state index contributed by atoms with van der Waals surface area (Å²) < 4.78 is 4.69. The lowest BCUT2D eigenvalue weighted by Crippen LogP contribution is -1.94. The number of rotatable bonds is 6. The van der Waals surface area contributed by atoms with Gasteiger partial charge < -0.3 is 4.57 Å². The van der Waals surface area contributed by atoms with Crippen LogP contribution in [0.1, 0.15) is 0 Å². The van der Waals surface area contributed by atoms with E-state index in [1.165, 1.54) is 43.2 Å². The van der Waals surface area contributed by atoms with Crippen LogP contribution in [0.15, 0.2) is 200 Å². The van der Waals surface area contributed by atoms with Crippen LogP contribution < -0.4 is 0 Å². The fourth-order valence-electron chi connectivity index (χ4n) is 8.21. The molecule has 0 saturated heterocycles. The molecule has 11 aromatic rings. The normalized spacial score (nSPS) is 11.6. The molecule has 3 heterocycles. The van der Waals surface area contributed by atoms with Gasteiger partial charge in [0.2, 0.25) is 0 Å². The Morgan fingerprint density at radius 1 is 0.393 bits per heavy atom. The summed E-state index contributed by atoms with van der Waals surface area (Å²) in [5.74, 6) is 0.726. The minimum Gasteiger partial charge on any atom is -0.309 e. The zero-order valence-electron chi connectivity index (χ0n) is 30.3. The van der Waals surface area contributed by atoms with Crippen molar-refractivity contribution in [3.63, 3.8) is 0 Å². The summed E-state index contributed by atoms with van der Waals surface area (Å²) in [6, 6.07) is 71.5. The third-order valence-corrected chi connectivity index (χ3v) is 12.0. The van der Waals surface area contributed by atoms with E-state index < -0.39 is 0 Å². The Kier molecular flexibility index (Phi) is 7.68. The molecular weight excluding hydrogens is 699 g/mol. The van der Waals surface area contributed by atoms with Gasteiger partial charge in [0.15, 0.2) is 5.82 Å². The van der Waals surface area contributed by atoms with Gasteiger partial charge in [0.1, 0.15) is 0 Å². The highest BCUT2D eigenvalue weighted by molar-refractivity contribution is 7.26. The molecule has 0 N–H and O–H groups in total. The maximum absolute atomic E-state index is 5.36. The number of thiophene rings is 1. The highest BCUT2D eigenvalue weighted by atomic mass is 32.1. The lowest BCUT2D eigenvalue weighted by atomic mass is 9.95. The molecule has 8 aromatic carbocycles. The van der Waals surface area contributed by atoms with E-state index in [4.69, 9.17) is 9.97 Å². The molecule has 4 heteroatoms. The number of fused-ring (bicyclic) bond motifs is 6. The second-order valence-electron chi connectivity index (χ2n) is 14.2. The largest absolute Gasteiger partial charge is 0.309 e. The van der Waals surface area contributed by atoms with Gasteiger partial charge >= 0.3 is 0 Å². The predicted molar refractivity (Wildman–Crippen MR) is 236 cm³/mol. The fourth-order valence-corrected chi connectivity index (χ4v) is 9.37. The Labute approximate surface area is 328 Å². The molecule has 0 aliphatic carbocycles. The lowest BCUT2D eigenvalue weighted by molar-refractivity contribution is 1.18. The van der Waals surface area contributed by atoms with Crippen LogP contribution in [-0.2, 0) is 0 Å². The van der Waals surface area contributed by atoms with Gasteiger partial charge in [0.25, 0.3) is 0 Å². The van der Waals surface area contributed by atoms with E-state index in [0.29, 0.717) is 0 Å². The second kappa shape index (κ2) is 13.3. The molecule has 0 unspecified atom stereocenters. The summed E-state index contributed by atoms with van der Waals surface area (Å²) in [7, 11) is 0. The summed E-state index contributed by atoms with van der Waals surface area (Å²) in [6.07, 6.45) is 0. The monoisotopic (exact) mass is 731 g/mol. The Hall–Kier alpha value is -7.14. The van der Waals surface area contributed by atoms with Crippen molar-refractivity contribution in [2.75, 3.05) is 0 Å². The summed E-state index contributed by atoms with van der Waals surface area (Å²) in [5.41, 5.74) is 14.6. The maximum Gasteiger partial charge on any atom is 0.160 e. The smallest absolute Gasteiger partial charge is 0.160 e. The Morgan fingerprint density at radius 2 is 0.946 bits per heavy atom. The van der Waals surface area contributed by atoms with Gasteiger partial charge in [0.05, 0.1) is 26.9 Å². The first kappa shape index (κ1) is 32.3. The molecule has 11 rings (SSSR count). The average Bonchev–Trinajstić information content (AvgIpc) is 3.83. The van der Waals surface area contributed by atoms with Crippen molar-refractivity contribution in [3.8, 4) is 61.7 Å². The molecule has 0 aliphatic rings. The van der Waals surface area contributed by atoms with Gasteiger partial charge in [-0.15, -0.1) is 11.3 Å². The minimum absolute atomic E-state index is 0.726. The molecule has 0 aliphatic heterocycles. The topological polar surface area (TPSA) is 30.7 Å². The summed E-state index contributed by atoms with van der Waals surface area (Å²) in [5, 5.41) is 3.66. The van der Waals surface area contributed by atoms with Crippen LogP contribution in [-0.4, -0.2) is 14.5 Å². The third-order valence-electron chi connectivity index (χ3n) is 10.8. The predicted octanol–water partition coefficient (Wildman–Crippen LogP) is 14.3. The highest BCUT2D eigenvalue weighted by Gasteiger charge is 2.19. The molecule has 0 amide bonds. The first-order chi connectivity index (χ1) is 27.8. The Morgan fingerprint density at radius 3 is 1.75 bits per heavy atom. The number of benzene rings is 8. The fraction of sp³-hybridized carbons (Fsp3) is 0. The van der Waals surface area contributed by atoms with Gasteiger partial charge in [-0.25, -0.2) is 9.97 Å². The van der Waals surface area contributed by atoms with Crippen molar-refractivity contribution < 1.29 is 0 Å². The van der Waals surface area contributed by atoms with Gasteiger partial charge in [-0.05, 0) is 81.9 Å². The van der Waals surface area contributed by atoms with E-state index >= 15 is 0 Å². The molecule has 0 spiro atoms. The number of nitrogens with zero attached hydrogens (tertiary/aromatic N) is 3. The van der Waals surface area contributed by atoms with Gasteiger partial charge in [-0.2, -0.15) is 0 Å². The molecule has 3 aromatic heterocycles. The van der Waals surface area contributed by atoms with E-state index in [2.05, 4.69) is 205 Å². The minimum atomic E-state index is 0.726. The SMILES string of the molecule is c1ccc(-c2cccc(-c3nc(-c4cccc(-c5cccc(-c6cccc7c6c6ccccc6n7-c6ccccc6)c5)c4)c4sc5ccccc5c4n3)c2)cc1. The molecule has 0 bridgehead atoms. The van der Waals surface area contributed by atoms with E-state index in [1.807, 2.05) is 0 Å². The van der Waals surface area contributed by atoms with Crippen molar-refractivity contribution in [1.29, 1.82) is 0 Å². The first-order valence-electron chi connectivity index (χ1n) is 18.9. The number of hydrogen-bond donors (Lipinski definition) is 0. The highest BCUT2D eigenvalue weighted by Crippen LogP contribution is 2.42. The zero-order valence-corrected chi connectivity index (χ0v) is 31.1. The van der Waals surface area contributed by atoms with Crippen molar-refractivity contribution in [3.05, 3.63) is 200 Å². The van der Waals surface area contributed by atoms with E-state index in [-0.39, 0.29) is 0 Å². The van der Waals surface area contributed by atoms with Crippen LogP contribution >= 0.6 is 11.3 Å². The molecule has 0 radical (unpaired) electrons. The molecule has 3 nitrogen and oxygen atoms in total. The van der Waals surface area contributed by atoms with Crippen molar-refractivity contribution in [2.45, 2.75) is 0 Å². The Balaban J connectivity index is 1.05. The molecular formula is C52H33N3S. The second-order valence-corrected chi connectivity index (χ2v) is 15.2. The van der Waals surface area contributed by atoms with Crippen LogP contribution in [0.25, 0.3) is 104 Å². The van der Waals surface area contributed by atoms with E-state index in [9.17, 15) is 0 Å². The molecule has 0 saturated carbocycles. The van der Waals surface area contributed by atoms with Gasteiger partial charge in [-0.1, -0.05) is 152 Å².